The largest absolute Gasteiger partial charge is 0.368 e. The van der Waals surface area contributed by atoms with Gasteiger partial charge in [-0.2, -0.15) is 5.10 Å². The second kappa shape index (κ2) is 6.95. The molecule has 0 bridgehead atoms. The van der Waals surface area contributed by atoms with Crippen molar-refractivity contribution in [3.8, 4) is 0 Å². The summed E-state index contributed by atoms with van der Waals surface area (Å²) in [4.78, 5) is 29.4. The van der Waals surface area contributed by atoms with Crippen LogP contribution in [0.2, 0.25) is 5.02 Å². The van der Waals surface area contributed by atoms with Gasteiger partial charge < -0.3 is 16.0 Å². The molecule has 0 saturated carbocycles. The molecule has 3 N–H and O–H groups in total. The lowest BCUT2D eigenvalue weighted by molar-refractivity contribution is -0.127. The highest BCUT2D eigenvalue weighted by atomic mass is 35.5. The Morgan fingerprint density at radius 3 is 2.73 bits per heavy atom. The zero-order chi connectivity index (χ0) is 19.0. The molecule has 0 aromatic carbocycles. The highest BCUT2D eigenvalue weighted by Gasteiger charge is 2.39. The Kier molecular flexibility index (Phi) is 4.86. The molecule has 0 aliphatic carbocycles. The van der Waals surface area contributed by atoms with Crippen LogP contribution >= 0.6 is 11.6 Å². The Hall–Kier alpha value is -2.61. The molecule has 1 aliphatic heterocycles. The maximum absolute atomic E-state index is 12.3. The van der Waals surface area contributed by atoms with Crippen LogP contribution in [0, 0.1) is 12.8 Å². The zero-order valence-corrected chi connectivity index (χ0v) is 15.6. The van der Waals surface area contributed by atoms with Crippen molar-refractivity contribution in [1.82, 2.24) is 19.7 Å². The van der Waals surface area contributed by atoms with Gasteiger partial charge in [0, 0.05) is 50.4 Å². The summed E-state index contributed by atoms with van der Waals surface area (Å²) < 4.78 is 1.80. The summed E-state index contributed by atoms with van der Waals surface area (Å²) in [5, 5.41) is 7.79. The standard InChI is InChI=1S/C17H21ClN6O2/c1-9-12(8-22-24(9)3)15-10(5-14(25)23(15)2)6-20-17-13(18)4-11(7-21-17)16(19)26/h4,7-8,10,15H,5-6H2,1-3H3,(H2,19,26)(H,20,21)/t10-,15+/m0/s1. The molecule has 1 aliphatic rings. The maximum atomic E-state index is 12.3. The average Bonchev–Trinajstić information content (AvgIpc) is 3.06. The molecular formula is C17H21ClN6O2. The minimum absolute atomic E-state index is 0.0454. The van der Waals surface area contributed by atoms with Crippen molar-refractivity contribution in [2.75, 3.05) is 18.9 Å². The first-order chi connectivity index (χ1) is 12.3. The van der Waals surface area contributed by atoms with Crippen LogP contribution in [-0.2, 0) is 11.8 Å². The quantitative estimate of drug-likeness (QED) is 0.822. The van der Waals surface area contributed by atoms with E-state index in [-0.39, 0.29) is 23.4 Å². The molecule has 0 spiro atoms. The van der Waals surface area contributed by atoms with Crippen molar-refractivity contribution in [1.29, 1.82) is 0 Å². The Morgan fingerprint density at radius 1 is 1.42 bits per heavy atom. The van der Waals surface area contributed by atoms with Gasteiger partial charge >= 0.3 is 0 Å². The number of amides is 2. The fourth-order valence-corrected chi connectivity index (χ4v) is 3.57. The highest BCUT2D eigenvalue weighted by molar-refractivity contribution is 6.33. The average molecular weight is 377 g/mol. The summed E-state index contributed by atoms with van der Waals surface area (Å²) in [6.45, 7) is 2.50. The van der Waals surface area contributed by atoms with Crippen LogP contribution in [0.3, 0.4) is 0 Å². The first-order valence-electron chi connectivity index (χ1n) is 8.23. The number of anilines is 1. The molecule has 2 amide bonds. The molecule has 1 fully saturated rings. The smallest absolute Gasteiger partial charge is 0.250 e. The van der Waals surface area contributed by atoms with Crippen LogP contribution in [0.4, 0.5) is 5.82 Å². The molecule has 1 saturated heterocycles. The molecule has 8 nitrogen and oxygen atoms in total. The molecule has 138 valence electrons. The lowest BCUT2D eigenvalue weighted by Crippen LogP contribution is -2.27. The minimum Gasteiger partial charge on any atom is -0.368 e. The van der Waals surface area contributed by atoms with Crippen molar-refractivity contribution < 1.29 is 9.59 Å². The van der Waals surface area contributed by atoms with E-state index in [0.717, 1.165) is 11.3 Å². The summed E-state index contributed by atoms with van der Waals surface area (Å²) in [6, 6.07) is 1.42. The molecule has 9 heteroatoms. The van der Waals surface area contributed by atoms with Crippen molar-refractivity contribution >= 4 is 29.2 Å². The maximum Gasteiger partial charge on any atom is 0.250 e. The van der Waals surface area contributed by atoms with Crippen LogP contribution in [0.5, 0.6) is 0 Å². The van der Waals surface area contributed by atoms with Crippen LogP contribution in [0.25, 0.3) is 0 Å². The lowest BCUT2D eigenvalue weighted by atomic mass is 9.94. The first kappa shape index (κ1) is 18.2. The number of pyridine rings is 1. The molecule has 0 unspecified atom stereocenters. The van der Waals surface area contributed by atoms with Gasteiger partial charge in [-0.3, -0.25) is 14.3 Å². The predicted molar refractivity (Wildman–Crippen MR) is 97.8 cm³/mol. The van der Waals surface area contributed by atoms with Crippen molar-refractivity contribution in [2.24, 2.45) is 18.7 Å². The Bertz CT molecular complexity index is 865. The molecule has 2 aromatic rings. The summed E-state index contributed by atoms with van der Waals surface area (Å²) in [6.07, 6.45) is 3.62. The van der Waals surface area contributed by atoms with E-state index in [2.05, 4.69) is 15.4 Å². The predicted octanol–water partition coefficient (Wildman–Crippen LogP) is 1.51. The lowest BCUT2D eigenvalue weighted by Gasteiger charge is -2.25. The van der Waals surface area contributed by atoms with E-state index in [4.69, 9.17) is 17.3 Å². The van der Waals surface area contributed by atoms with Crippen LogP contribution in [0.15, 0.2) is 18.5 Å². The van der Waals surface area contributed by atoms with Gasteiger partial charge in [-0.1, -0.05) is 11.6 Å². The first-order valence-corrected chi connectivity index (χ1v) is 8.60. The summed E-state index contributed by atoms with van der Waals surface area (Å²) in [7, 11) is 3.69. The number of carbonyl (C=O) groups is 2. The third-order valence-corrected chi connectivity index (χ3v) is 5.23. The topological polar surface area (TPSA) is 106 Å². The summed E-state index contributed by atoms with van der Waals surface area (Å²) in [5.41, 5.74) is 7.55. The fraction of sp³-hybridized carbons (Fsp3) is 0.412. The van der Waals surface area contributed by atoms with E-state index in [9.17, 15) is 9.59 Å². The SMILES string of the molecule is Cc1c([C@H]2[C@H](CNc3ncc(C(N)=O)cc3Cl)CC(=O)N2C)cnn1C. The molecule has 3 heterocycles. The van der Waals surface area contributed by atoms with Gasteiger partial charge in [-0.15, -0.1) is 0 Å². The summed E-state index contributed by atoms with van der Waals surface area (Å²) >= 11 is 6.17. The monoisotopic (exact) mass is 376 g/mol. The second-order valence-electron chi connectivity index (χ2n) is 6.52. The van der Waals surface area contributed by atoms with Gasteiger partial charge in [-0.25, -0.2) is 4.98 Å². The van der Waals surface area contributed by atoms with Gasteiger partial charge in [0.2, 0.25) is 11.8 Å². The van der Waals surface area contributed by atoms with Crippen LogP contribution < -0.4 is 11.1 Å². The number of hydrogen-bond donors (Lipinski definition) is 2. The number of primary amides is 1. The Labute approximate surface area is 156 Å². The molecular weight excluding hydrogens is 356 g/mol. The van der Waals surface area contributed by atoms with Gasteiger partial charge in [0.1, 0.15) is 5.82 Å². The number of nitrogens with two attached hydrogens (primary N) is 1. The van der Waals surface area contributed by atoms with Crippen molar-refractivity contribution in [3.05, 3.63) is 40.3 Å². The molecule has 0 radical (unpaired) electrons. The Balaban J connectivity index is 1.79. The van der Waals surface area contributed by atoms with E-state index in [1.807, 2.05) is 27.2 Å². The fourth-order valence-electron chi connectivity index (χ4n) is 3.33. The normalized spacial score (nSPS) is 19.8. The molecule has 2 atom stereocenters. The number of halogens is 1. The Morgan fingerprint density at radius 2 is 2.15 bits per heavy atom. The molecule has 2 aromatic heterocycles. The van der Waals surface area contributed by atoms with E-state index in [1.165, 1.54) is 12.3 Å². The number of nitrogens with one attached hydrogen (secondary N) is 1. The van der Waals surface area contributed by atoms with E-state index >= 15 is 0 Å². The number of aromatic nitrogens is 3. The third-order valence-electron chi connectivity index (χ3n) is 4.94. The van der Waals surface area contributed by atoms with E-state index < -0.39 is 5.91 Å². The highest BCUT2D eigenvalue weighted by Crippen LogP contribution is 2.38. The van der Waals surface area contributed by atoms with Gasteiger partial charge in [0.05, 0.1) is 22.8 Å². The second-order valence-corrected chi connectivity index (χ2v) is 6.93. The van der Waals surface area contributed by atoms with Crippen LogP contribution in [0.1, 0.15) is 34.1 Å². The number of rotatable bonds is 5. The molecule has 26 heavy (non-hydrogen) atoms. The van der Waals surface area contributed by atoms with Gasteiger partial charge in [0.15, 0.2) is 0 Å². The number of carbonyl (C=O) groups excluding carboxylic acids is 2. The van der Waals surface area contributed by atoms with Crippen LogP contribution in [-0.4, -0.2) is 45.1 Å². The van der Waals surface area contributed by atoms with E-state index in [0.29, 0.717) is 23.8 Å². The number of likely N-dealkylation sites (tertiary alicyclic amines) is 1. The number of aryl methyl sites for hydroxylation is 1. The van der Waals surface area contributed by atoms with Crippen molar-refractivity contribution in [2.45, 2.75) is 19.4 Å². The van der Waals surface area contributed by atoms with Gasteiger partial charge in [-0.05, 0) is 13.0 Å². The van der Waals surface area contributed by atoms with Crippen molar-refractivity contribution in [3.63, 3.8) is 0 Å². The molecule has 3 rings (SSSR count). The zero-order valence-electron chi connectivity index (χ0n) is 14.9. The number of hydrogen-bond acceptors (Lipinski definition) is 5. The third kappa shape index (κ3) is 3.24. The van der Waals surface area contributed by atoms with Gasteiger partial charge in [0.25, 0.3) is 0 Å². The summed E-state index contributed by atoms with van der Waals surface area (Å²) in [5.74, 6) is 0.0127. The number of nitrogens with zero attached hydrogens (tertiary/aromatic N) is 4. The van der Waals surface area contributed by atoms with E-state index in [1.54, 1.807) is 9.58 Å². The minimum atomic E-state index is -0.582.